The summed E-state index contributed by atoms with van der Waals surface area (Å²) >= 11 is 0. The van der Waals surface area contributed by atoms with E-state index < -0.39 is 0 Å². The van der Waals surface area contributed by atoms with Crippen molar-refractivity contribution in [3.8, 4) is 0 Å². The first-order valence-corrected chi connectivity index (χ1v) is 6.45. The van der Waals surface area contributed by atoms with Crippen molar-refractivity contribution < 1.29 is 14.0 Å². The monoisotopic (exact) mass is 350 g/mol. The number of halogens is 1. The van der Waals surface area contributed by atoms with Gasteiger partial charge in [0.15, 0.2) is 5.76 Å². The van der Waals surface area contributed by atoms with E-state index in [2.05, 4.69) is 5.16 Å². The SMILES string of the molecule is Br.NCCCO/N=C1/c2ccccc2C(=O)c2occc21. The van der Waals surface area contributed by atoms with E-state index in [1.165, 1.54) is 6.26 Å². The van der Waals surface area contributed by atoms with Gasteiger partial charge < -0.3 is 15.0 Å². The molecule has 0 radical (unpaired) electrons. The van der Waals surface area contributed by atoms with Crippen LogP contribution in [0.25, 0.3) is 0 Å². The maximum absolute atomic E-state index is 12.3. The summed E-state index contributed by atoms with van der Waals surface area (Å²) in [7, 11) is 0. The highest BCUT2D eigenvalue weighted by Crippen LogP contribution is 2.28. The normalized spacial score (nSPS) is 14.3. The molecular formula is C15H15BrN2O3. The topological polar surface area (TPSA) is 77.8 Å². The summed E-state index contributed by atoms with van der Waals surface area (Å²) in [4.78, 5) is 17.6. The van der Waals surface area contributed by atoms with Crippen LogP contribution in [0.1, 0.15) is 33.7 Å². The molecule has 1 aromatic heterocycles. The van der Waals surface area contributed by atoms with Crippen LogP contribution >= 0.6 is 17.0 Å². The van der Waals surface area contributed by atoms with Crippen LogP contribution in [0.4, 0.5) is 0 Å². The number of oxime groups is 1. The number of nitrogens with zero attached hydrogens (tertiary/aromatic N) is 1. The van der Waals surface area contributed by atoms with Crippen LogP contribution in [0.2, 0.25) is 0 Å². The van der Waals surface area contributed by atoms with Gasteiger partial charge in [-0.2, -0.15) is 0 Å². The minimum Gasteiger partial charge on any atom is -0.460 e. The van der Waals surface area contributed by atoms with Gasteiger partial charge in [0, 0.05) is 11.1 Å². The highest BCUT2D eigenvalue weighted by atomic mass is 79.9. The highest BCUT2D eigenvalue weighted by Gasteiger charge is 2.31. The maximum atomic E-state index is 12.3. The van der Waals surface area contributed by atoms with E-state index in [4.69, 9.17) is 15.0 Å². The van der Waals surface area contributed by atoms with Gasteiger partial charge in [-0.05, 0) is 19.0 Å². The van der Waals surface area contributed by atoms with Crippen LogP contribution in [0.3, 0.4) is 0 Å². The van der Waals surface area contributed by atoms with E-state index >= 15 is 0 Å². The number of hydrogen-bond donors (Lipinski definition) is 1. The molecule has 1 aliphatic rings. The zero-order valence-electron chi connectivity index (χ0n) is 11.2. The molecule has 0 unspecified atom stereocenters. The molecule has 3 rings (SSSR count). The molecule has 1 aliphatic carbocycles. The molecule has 21 heavy (non-hydrogen) atoms. The van der Waals surface area contributed by atoms with Crippen molar-refractivity contribution in [2.45, 2.75) is 6.42 Å². The molecule has 0 spiro atoms. The van der Waals surface area contributed by atoms with Crippen molar-refractivity contribution >= 4 is 28.5 Å². The largest absolute Gasteiger partial charge is 0.460 e. The number of ketones is 1. The minimum absolute atomic E-state index is 0. The number of rotatable bonds is 4. The first-order valence-electron chi connectivity index (χ1n) is 6.45. The van der Waals surface area contributed by atoms with Gasteiger partial charge in [-0.25, -0.2) is 0 Å². The number of hydrogen-bond acceptors (Lipinski definition) is 5. The molecule has 0 atom stereocenters. The van der Waals surface area contributed by atoms with E-state index in [-0.39, 0.29) is 22.8 Å². The van der Waals surface area contributed by atoms with E-state index in [1.807, 2.05) is 18.2 Å². The fourth-order valence-electron chi connectivity index (χ4n) is 2.18. The van der Waals surface area contributed by atoms with Gasteiger partial charge in [-0.1, -0.05) is 29.4 Å². The summed E-state index contributed by atoms with van der Waals surface area (Å²) in [6, 6.07) is 9.03. The molecule has 5 nitrogen and oxygen atoms in total. The number of fused-ring (bicyclic) bond motifs is 2. The molecule has 6 heteroatoms. The number of carbonyl (C=O) groups is 1. The Hall–Kier alpha value is -1.92. The lowest BCUT2D eigenvalue weighted by Crippen LogP contribution is -2.20. The van der Waals surface area contributed by atoms with E-state index in [0.29, 0.717) is 35.8 Å². The number of benzene rings is 1. The third kappa shape index (κ3) is 2.77. The number of furan rings is 1. The second-order valence-corrected chi connectivity index (χ2v) is 4.45. The summed E-state index contributed by atoms with van der Waals surface area (Å²) in [6.07, 6.45) is 2.22. The van der Waals surface area contributed by atoms with E-state index in [9.17, 15) is 4.79 Å². The molecule has 0 fully saturated rings. The zero-order valence-corrected chi connectivity index (χ0v) is 13.0. The summed E-state index contributed by atoms with van der Waals surface area (Å²) in [5.74, 6) is 0.186. The summed E-state index contributed by atoms with van der Waals surface area (Å²) in [5, 5.41) is 4.16. The molecule has 0 aliphatic heterocycles. The Labute approximate surface area is 132 Å². The fourth-order valence-corrected chi connectivity index (χ4v) is 2.18. The second kappa shape index (κ2) is 6.69. The summed E-state index contributed by atoms with van der Waals surface area (Å²) < 4.78 is 5.28. The molecule has 0 saturated heterocycles. The predicted octanol–water partition coefficient (Wildman–Crippen LogP) is 2.52. The molecule has 0 bridgehead atoms. The Balaban J connectivity index is 0.00000161. The Morgan fingerprint density at radius 3 is 2.67 bits per heavy atom. The predicted molar refractivity (Wildman–Crippen MR) is 84.2 cm³/mol. The van der Waals surface area contributed by atoms with Crippen LogP contribution in [-0.4, -0.2) is 24.6 Å². The summed E-state index contributed by atoms with van der Waals surface area (Å²) in [5.41, 5.74) is 8.05. The molecular weight excluding hydrogens is 336 g/mol. The van der Waals surface area contributed by atoms with E-state index in [1.54, 1.807) is 12.1 Å². The third-order valence-corrected chi connectivity index (χ3v) is 3.15. The van der Waals surface area contributed by atoms with Crippen molar-refractivity contribution in [3.05, 3.63) is 59.0 Å². The fraction of sp³-hybridized carbons (Fsp3) is 0.200. The standard InChI is InChI=1S/C15H14N2O3.BrH/c16-7-3-8-20-17-13-10-4-1-2-5-11(10)14(18)15-12(13)6-9-19-15;/h1-2,4-6,9H,3,7-8,16H2;1H/b17-13-;. The molecule has 2 aromatic rings. The average molecular weight is 351 g/mol. The van der Waals surface area contributed by atoms with Gasteiger partial charge in [0.2, 0.25) is 5.78 Å². The van der Waals surface area contributed by atoms with E-state index in [0.717, 1.165) is 12.0 Å². The lowest BCUT2D eigenvalue weighted by molar-refractivity contribution is 0.101. The lowest BCUT2D eigenvalue weighted by Gasteiger charge is -2.15. The Morgan fingerprint density at radius 1 is 1.14 bits per heavy atom. The maximum Gasteiger partial charge on any atom is 0.229 e. The van der Waals surface area contributed by atoms with Crippen molar-refractivity contribution in [3.63, 3.8) is 0 Å². The van der Waals surface area contributed by atoms with Crippen molar-refractivity contribution in [1.82, 2.24) is 0 Å². The van der Waals surface area contributed by atoms with Crippen molar-refractivity contribution in [2.24, 2.45) is 10.9 Å². The van der Waals surface area contributed by atoms with Gasteiger partial charge in [0.25, 0.3) is 0 Å². The molecule has 1 heterocycles. The van der Waals surface area contributed by atoms with Crippen LogP contribution in [0.5, 0.6) is 0 Å². The summed E-state index contributed by atoms with van der Waals surface area (Å²) in [6.45, 7) is 1.00. The first kappa shape index (κ1) is 15.5. The van der Waals surface area contributed by atoms with Gasteiger partial charge in [0.05, 0.1) is 11.8 Å². The first-order chi connectivity index (χ1) is 9.83. The van der Waals surface area contributed by atoms with Gasteiger partial charge >= 0.3 is 0 Å². The Bertz CT molecular complexity index is 679. The molecule has 0 amide bonds. The van der Waals surface area contributed by atoms with Crippen LogP contribution < -0.4 is 5.73 Å². The Morgan fingerprint density at radius 2 is 1.90 bits per heavy atom. The zero-order chi connectivity index (χ0) is 13.9. The lowest BCUT2D eigenvalue weighted by atomic mass is 9.88. The van der Waals surface area contributed by atoms with Crippen molar-refractivity contribution in [1.29, 1.82) is 0 Å². The van der Waals surface area contributed by atoms with Gasteiger partial charge in [-0.3, -0.25) is 4.79 Å². The number of nitrogens with two attached hydrogens (primary N) is 1. The smallest absolute Gasteiger partial charge is 0.229 e. The molecule has 2 N–H and O–H groups in total. The molecule has 0 saturated carbocycles. The average Bonchev–Trinajstić information content (AvgIpc) is 2.96. The quantitative estimate of drug-likeness (QED) is 0.579. The van der Waals surface area contributed by atoms with Gasteiger partial charge in [0.1, 0.15) is 12.3 Å². The van der Waals surface area contributed by atoms with Crippen LogP contribution in [0, 0.1) is 0 Å². The molecule has 1 aromatic carbocycles. The number of carbonyl (C=O) groups excluding carboxylic acids is 1. The third-order valence-electron chi connectivity index (χ3n) is 3.15. The second-order valence-electron chi connectivity index (χ2n) is 4.45. The van der Waals surface area contributed by atoms with Crippen LogP contribution in [0.15, 0.2) is 46.2 Å². The van der Waals surface area contributed by atoms with Gasteiger partial charge in [-0.15, -0.1) is 17.0 Å². The molecule has 110 valence electrons. The van der Waals surface area contributed by atoms with Crippen molar-refractivity contribution in [2.75, 3.05) is 13.2 Å². The minimum atomic E-state index is -0.124. The van der Waals surface area contributed by atoms with Crippen LogP contribution in [-0.2, 0) is 4.84 Å². The Kier molecular flexibility index (Phi) is 4.93. The highest BCUT2D eigenvalue weighted by molar-refractivity contribution is 8.93.